The van der Waals surface area contributed by atoms with Gasteiger partial charge in [0.1, 0.15) is 5.60 Å². The number of Topliss-reactive ketones (excluding diaryl/α,β-unsaturated/α-hetero) is 1. The first kappa shape index (κ1) is 26.1. The van der Waals surface area contributed by atoms with Crippen molar-refractivity contribution in [1.29, 1.82) is 0 Å². The number of hydrogen-bond donors (Lipinski definition) is 1. The van der Waals surface area contributed by atoms with Crippen molar-refractivity contribution in [3.63, 3.8) is 0 Å². The molecule has 0 heterocycles. The van der Waals surface area contributed by atoms with Crippen LogP contribution >= 0.6 is 0 Å². The average molecular weight is 402 g/mol. The summed E-state index contributed by atoms with van der Waals surface area (Å²) in [6.45, 7) is 23.2. The molecule has 0 fully saturated rings. The van der Waals surface area contributed by atoms with Gasteiger partial charge in [-0.1, -0.05) is 41.5 Å². The summed E-state index contributed by atoms with van der Waals surface area (Å²) >= 11 is 0. The van der Waals surface area contributed by atoms with Gasteiger partial charge in [-0.15, -0.1) is 0 Å². The van der Waals surface area contributed by atoms with E-state index in [1.54, 1.807) is 0 Å². The molecule has 0 aromatic rings. The largest absolute Gasteiger partial charge is 0.444 e. The first-order chi connectivity index (χ1) is 11.9. The van der Waals surface area contributed by atoms with Crippen molar-refractivity contribution in [1.82, 2.24) is 5.32 Å². The molecule has 0 aromatic heterocycles. The first-order valence-electron chi connectivity index (χ1n) is 10.1. The van der Waals surface area contributed by atoms with Crippen LogP contribution < -0.4 is 5.32 Å². The zero-order valence-corrected chi connectivity index (χ0v) is 20.5. The van der Waals surface area contributed by atoms with Gasteiger partial charge in [0.05, 0.1) is 6.04 Å². The molecule has 0 spiro atoms. The molecule has 0 rings (SSSR count). The Morgan fingerprint density at radius 1 is 1.00 bits per heavy atom. The van der Waals surface area contributed by atoms with E-state index < -0.39 is 26.1 Å². The second kappa shape index (κ2) is 10.1. The molecular weight excluding hydrogens is 358 g/mol. The van der Waals surface area contributed by atoms with Crippen molar-refractivity contribution in [3.8, 4) is 0 Å². The minimum atomic E-state index is -1.83. The predicted octanol–water partition coefficient (Wildman–Crippen LogP) is 5.54. The maximum atomic E-state index is 12.8. The number of nitrogens with one attached hydrogen (secondary N) is 1. The summed E-state index contributed by atoms with van der Waals surface area (Å²) in [7, 11) is -1.83. The van der Waals surface area contributed by atoms with Gasteiger partial charge in [0.2, 0.25) is 0 Å². The van der Waals surface area contributed by atoms with Gasteiger partial charge in [0, 0.05) is 13.0 Å². The molecule has 6 heteroatoms. The van der Waals surface area contributed by atoms with Crippen LogP contribution in [0.1, 0.15) is 75.2 Å². The quantitative estimate of drug-likeness (QED) is 0.515. The van der Waals surface area contributed by atoms with Gasteiger partial charge < -0.3 is 14.5 Å². The fourth-order valence-corrected chi connectivity index (χ4v) is 3.44. The third kappa shape index (κ3) is 10.9. The number of ether oxygens (including phenoxy) is 1. The van der Waals surface area contributed by atoms with E-state index in [4.69, 9.17) is 9.16 Å². The summed E-state index contributed by atoms with van der Waals surface area (Å²) in [5.41, 5.74) is -0.584. The SMILES string of the molecule is CC(C)CC(NC(=O)OC(C)(C)C)C(=O)CC(C)CO[Si](C)(C)C(C)(C)C. The van der Waals surface area contributed by atoms with Crippen molar-refractivity contribution in [2.75, 3.05) is 6.61 Å². The lowest BCUT2D eigenvalue weighted by atomic mass is 9.95. The lowest BCUT2D eigenvalue weighted by Crippen LogP contribution is -2.45. The van der Waals surface area contributed by atoms with E-state index >= 15 is 0 Å². The second-order valence-electron chi connectivity index (χ2n) is 10.7. The number of carbonyl (C=O) groups is 2. The Balaban J connectivity index is 4.82. The summed E-state index contributed by atoms with van der Waals surface area (Å²) < 4.78 is 11.6. The smallest absolute Gasteiger partial charge is 0.408 e. The number of ketones is 1. The highest BCUT2D eigenvalue weighted by molar-refractivity contribution is 6.74. The summed E-state index contributed by atoms with van der Waals surface area (Å²) in [6.07, 6.45) is 0.460. The van der Waals surface area contributed by atoms with Crippen LogP contribution in [0.4, 0.5) is 4.79 Å². The summed E-state index contributed by atoms with van der Waals surface area (Å²) in [5, 5.41) is 2.91. The van der Waals surface area contributed by atoms with Gasteiger partial charge in [-0.25, -0.2) is 4.79 Å². The van der Waals surface area contributed by atoms with Crippen LogP contribution in [-0.4, -0.2) is 38.4 Å². The zero-order valence-electron chi connectivity index (χ0n) is 19.5. The van der Waals surface area contributed by atoms with E-state index in [0.717, 1.165) is 0 Å². The van der Waals surface area contributed by atoms with Gasteiger partial charge in [-0.2, -0.15) is 0 Å². The number of hydrogen-bond acceptors (Lipinski definition) is 4. The Kier molecular flexibility index (Phi) is 9.73. The van der Waals surface area contributed by atoms with Crippen LogP contribution in [-0.2, 0) is 14.0 Å². The third-order valence-corrected chi connectivity index (χ3v) is 9.37. The van der Waals surface area contributed by atoms with E-state index in [9.17, 15) is 9.59 Å². The average Bonchev–Trinajstić information content (AvgIpc) is 2.40. The zero-order chi connectivity index (χ0) is 21.6. The van der Waals surface area contributed by atoms with Gasteiger partial charge >= 0.3 is 6.09 Å². The monoisotopic (exact) mass is 401 g/mol. The molecule has 0 bridgehead atoms. The van der Waals surface area contributed by atoms with Gasteiger partial charge in [0.25, 0.3) is 0 Å². The summed E-state index contributed by atoms with van der Waals surface area (Å²) in [6, 6.07) is -0.518. The lowest BCUT2D eigenvalue weighted by Gasteiger charge is -2.37. The second-order valence-corrected chi connectivity index (χ2v) is 15.5. The summed E-state index contributed by atoms with van der Waals surface area (Å²) in [4.78, 5) is 24.9. The van der Waals surface area contributed by atoms with E-state index in [1.165, 1.54) is 0 Å². The Bertz CT molecular complexity index is 489. The van der Waals surface area contributed by atoms with Crippen LogP contribution in [0.2, 0.25) is 18.1 Å². The molecule has 0 aromatic carbocycles. The molecule has 160 valence electrons. The Morgan fingerprint density at radius 2 is 1.52 bits per heavy atom. The first-order valence-corrected chi connectivity index (χ1v) is 13.0. The number of carbonyl (C=O) groups excluding carboxylic acids is 2. The molecule has 0 aliphatic rings. The maximum Gasteiger partial charge on any atom is 0.408 e. The molecule has 0 aliphatic carbocycles. The molecule has 0 radical (unpaired) electrons. The lowest BCUT2D eigenvalue weighted by molar-refractivity contribution is -0.122. The van der Waals surface area contributed by atoms with Crippen LogP contribution in [0.15, 0.2) is 0 Å². The standard InChI is InChI=1S/C21H43NO4Si/c1-15(2)12-17(22-19(24)26-20(4,5)6)18(23)13-16(3)14-25-27(10,11)21(7,8)9/h15-17H,12-14H2,1-11H3,(H,22,24). The maximum absolute atomic E-state index is 12.8. The summed E-state index contributed by atoms with van der Waals surface area (Å²) in [5.74, 6) is 0.454. The Labute approximate surface area is 168 Å². The molecule has 0 aliphatic heterocycles. The number of alkyl carbamates (subject to hydrolysis) is 1. The number of rotatable bonds is 9. The molecule has 2 atom stereocenters. The predicted molar refractivity (Wildman–Crippen MR) is 115 cm³/mol. The molecule has 1 amide bonds. The van der Waals surface area contributed by atoms with Crippen LogP contribution in [0.25, 0.3) is 0 Å². The van der Waals surface area contributed by atoms with E-state index in [1.807, 2.05) is 41.5 Å². The number of amides is 1. The fourth-order valence-electron chi connectivity index (χ4n) is 2.30. The topological polar surface area (TPSA) is 64.6 Å². The molecule has 27 heavy (non-hydrogen) atoms. The van der Waals surface area contributed by atoms with Crippen molar-refractivity contribution in [2.45, 2.75) is 105 Å². The highest BCUT2D eigenvalue weighted by Gasteiger charge is 2.37. The Hall–Kier alpha value is -0.883. The molecule has 1 N–H and O–H groups in total. The molecule has 5 nitrogen and oxygen atoms in total. The van der Waals surface area contributed by atoms with Crippen molar-refractivity contribution >= 4 is 20.2 Å². The van der Waals surface area contributed by atoms with E-state index in [0.29, 0.717) is 25.4 Å². The van der Waals surface area contributed by atoms with Crippen molar-refractivity contribution in [2.24, 2.45) is 11.8 Å². The van der Waals surface area contributed by atoms with Crippen molar-refractivity contribution < 1.29 is 18.8 Å². The minimum Gasteiger partial charge on any atom is -0.444 e. The molecule has 2 unspecified atom stereocenters. The molecular formula is C21H43NO4Si. The van der Waals surface area contributed by atoms with Crippen LogP contribution in [0.3, 0.4) is 0 Å². The highest BCUT2D eigenvalue weighted by Crippen LogP contribution is 2.36. The molecule has 0 saturated carbocycles. The van der Waals surface area contributed by atoms with Crippen LogP contribution in [0, 0.1) is 11.8 Å². The van der Waals surface area contributed by atoms with Gasteiger partial charge in [-0.3, -0.25) is 4.79 Å². The van der Waals surface area contributed by atoms with Gasteiger partial charge in [0.15, 0.2) is 14.1 Å². The molecule has 0 saturated heterocycles. The van der Waals surface area contributed by atoms with E-state index in [-0.39, 0.29) is 16.7 Å². The van der Waals surface area contributed by atoms with Gasteiger partial charge in [-0.05, 0) is 57.2 Å². The van der Waals surface area contributed by atoms with E-state index in [2.05, 4.69) is 39.2 Å². The Morgan fingerprint density at radius 3 is 1.93 bits per heavy atom. The minimum absolute atomic E-state index is 0.0425. The third-order valence-electron chi connectivity index (χ3n) is 4.87. The highest BCUT2D eigenvalue weighted by atomic mass is 28.4. The van der Waals surface area contributed by atoms with Crippen LogP contribution in [0.5, 0.6) is 0 Å². The normalized spacial score (nSPS) is 15.4. The fraction of sp³-hybridized carbons (Fsp3) is 0.905. The van der Waals surface area contributed by atoms with Crippen molar-refractivity contribution in [3.05, 3.63) is 0 Å².